The molecule has 0 aliphatic carbocycles. The van der Waals surface area contributed by atoms with Gasteiger partial charge in [0.1, 0.15) is 18.5 Å². The van der Waals surface area contributed by atoms with Crippen LogP contribution in [0.15, 0.2) is 43.0 Å². The minimum Gasteiger partial charge on any atom is -0.481 e. The Balaban J connectivity index is 2.36. The lowest BCUT2D eigenvalue weighted by Gasteiger charge is -2.12. The molecule has 1 atom stereocenters. The molecule has 1 aromatic carbocycles. The van der Waals surface area contributed by atoms with Gasteiger partial charge < -0.3 is 5.11 Å². The SMILES string of the molecule is O=C(O)CC(c1ccccc1)c1ncncn1. The minimum absolute atomic E-state index is 0.0337. The minimum atomic E-state index is -0.876. The van der Waals surface area contributed by atoms with Crippen molar-refractivity contribution in [2.24, 2.45) is 0 Å². The Hall–Kier alpha value is -2.30. The van der Waals surface area contributed by atoms with E-state index in [0.717, 1.165) is 5.56 Å². The standard InChI is InChI=1S/C12H11N3O2/c16-11(17)6-10(9-4-2-1-3-5-9)12-14-7-13-8-15-12/h1-5,7-8,10H,6H2,(H,16,17). The maximum absolute atomic E-state index is 10.9. The highest BCUT2D eigenvalue weighted by atomic mass is 16.4. The average Bonchev–Trinajstić information content (AvgIpc) is 2.38. The Bertz CT molecular complexity index is 448. The lowest BCUT2D eigenvalue weighted by molar-refractivity contribution is -0.137. The summed E-state index contributed by atoms with van der Waals surface area (Å²) >= 11 is 0. The van der Waals surface area contributed by atoms with Crippen LogP contribution in [0.4, 0.5) is 0 Å². The average molecular weight is 229 g/mol. The van der Waals surface area contributed by atoms with Crippen LogP contribution >= 0.6 is 0 Å². The Morgan fingerprint density at radius 1 is 1.18 bits per heavy atom. The molecule has 2 aromatic rings. The van der Waals surface area contributed by atoms with Crippen molar-refractivity contribution in [3.63, 3.8) is 0 Å². The zero-order chi connectivity index (χ0) is 12.1. The number of benzene rings is 1. The van der Waals surface area contributed by atoms with Crippen molar-refractivity contribution >= 4 is 5.97 Å². The number of carbonyl (C=O) groups is 1. The van der Waals surface area contributed by atoms with Crippen LogP contribution in [0.25, 0.3) is 0 Å². The number of carboxylic acids is 1. The Morgan fingerprint density at radius 3 is 2.41 bits per heavy atom. The van der Waals surface area contributed by atoms with E-state index in [1.165, 1.54) is 12.7 Å². The molecule has 86 valence electrons. The molecular formula is C12H11N3O2. The van der Waals surface area contributed by atoms with Crippen LogP contribution in [0.1, 0.15) is 23.7 Å². The highest BCUT2D eigenvalue weighted by molar-refractivity contribution is 5.68. The van der Waals surface area contributed by atoms with Crippen molar-refractivity contribution < 1.29 is 9.90 Å². The van der Waals surface area contributed by atoms with Crippen molar-refractivity contribution in [3.8, 4) is 0 Å². The molecule has 0 radical (unpaired) electrons. The fourth-order valence-corrected chi connectivity index (χ4v) is 1.65. The third-order valence-electron chi connectivity index (χ3n) is 2.41. The first kappa shape index (κ1) is 11.2. The van der Waals surface area contributed by atoms with Gasteiger partial charge in [-0.3, -0.25) is 4.79 Å². The molecule has 1 unspecified atom stereocenters. The Morgan fingerprint density at radius 2 is 1.82 bits per heavy atom. The van der Waals surface area contributed by atoms with Crippen molar-refractivity contribution in [2.75, 3.05) is 0 Å². The summed E-state index contributed by atoms with van der Waals surface area (Å²) in [5.74, 6) is -0.732. The molecule has 0 aliphatic rings. The molecule has 0 saturated carbocycles. The van der Waals surface area contributed by atoms with Gasteiger partial charge in [0, 0.05) is 0 Å². The fraction of sp³-hybridized carbons (Fsp3) is 0.167. The summed E-state index contributed by atoms with van der Waals surface area (Å²) in [6.45, 7) is 0. The predicted octanol–water partition coefficient (Wildman–Crippen LogP) is 1.48. The van der Waals surface area contributed by atoms with E-state index in [1.807, 2.05) is 30.3 Å². The highest BCUT2D eigenvalue weighted by Gasteiger charge is 2.19. The Labute approximate surface area is 98.2 Å². The molecule has 5 nitrogen and oxygen atoms in total. The third-order valence-corrected chi connectivity index (χ3v) is 2.41. The maximum atomic E-state index is 10.9. The van der Waals surface area contributed by atoms with Crippen LogP contribution in [-0.4, -0.2) is 26.0 Å². The van der Waals surface area contributed by atoms with Crippen molar-refractivity contribution in [2.45, 2.75) is 12.3 Å². The first-order valence-electron chi connectivity index (χ1n) is 5.16. The van der Waals surface area contributed by atoms with Gasteiger partial charge in [-0.2, -0.15) is 0 Å². The van der Waals surface area contributed by atoms with Gasteiger partial charge in [0.2, 0.25) is 0 Å². The van der Waals surface area contributed by atoms with Crippen LogP contribution in [-0.2, 0) is 4.79 Å². The van der Waals surface area contributed by atoms with Crippen LogP contribution < -0.4 is 0 Å². The van der Waals surface area contributed by atoms with Gasteiger partial charge in [0.25, 0.3) is 0 Å². The smallest absolute Gasteiger partial charge is 0.304 e. The second kappa shape index (κ2) is 5.16. The number of nitrogens with zero attached hydrogens (tertiary/aromatic N) is 3. The van der Waals surface area contributed by atoms with Crippen LogP contribution in [0.5, 0.6) is 0 Å². The van der Waals surface area contributed by atoms with Crippen LogP contribution in [0.3, 0.4) is 0 Å². The van der Waals surface area contributed by atoms with E-state index in [9.17, 15) is 4.79 Å². The van der Waals surface area contributed by atoms with Gasteiger partial charge in [-0.1, -0.05) is 30.3 Å². The lowest BCUT2D eigenvalue weighted by Crippen LogP contribution is -2.11. The third kappa shape index (κ3) is 2.84. The van der Waals surface area contributed by atoms with Gasteiger partial charge in [0.15, 0.2) is 0 Å². The molecule has 0 aliphatic heterocycles. The molecule has 0 amide bonds. The normalized spacial score (nSPS) is 12.0. The molecule has 0 saturated heterocycles. The summed E-state index contributed by atoms with van der Waals surface area (Å²) in [7, 11) is 0. The summed E-state index contributed by atoms with van der Waals surface area (Å²) < 4.78 is 0. The van der Waals surface area contributed by atoms with E-state index >= 15 is 0 Å². The van der Waals surface area contributed by atoms with E-state index in [1.54, 1.807) is 0 Å². The molecule has 0 spiro atoms. The fourth-order valence-electron chi connectivity index (χ4n) is 1.65. The Kier molecular flexibility index (Phi) is 3.40. The maximum Gasteiger partial charge on any atom is 0.304 e. The number of hydrogen-bond acceptors (Lipinski definition) is 4. The first-order chi connectivity index (χ1) is 8.27. The molecule has 2 rings (SSSR count). The van der Waals surface area contributed by atoms with Gasteiger partial charge in [-0.25, -0.2) is 15.0 Å². The molecule has 0 bridgehead atoms. The van der Waals surface area contributed by atoms with Crippen LogP contribution in [0, 0.1) is 0 Å². The quantitative estimate of drug-likeness (QED) is 0.859. The molecule has 1 aromatic heterocycles. The van der Waals surface area contributed by atoms with Crippen LogP contribution in [0.2, 0.25) is 0 Å². The van der Waals surface area contributed by atoms with E-state index in [4.69, 9.17) is 5.11 Å². The predicted molar refractivity (Wildman–Crippen MR) is 60.4 cm³/mol. The van der Waals surface area contributed by atoms with Gasteiger partial charge in [-0.15, -0.1) is 0 Å². The molecule has 17 heavy (non-hydrogen) atoms. The first-order valence-corrected chi connectivity index (χ1v) is 5.16. The largest absolute Gasteiger partial charge is 0.481 e. The van der Waals surface area contributed by atoms with E-state index in [-0.39, 0.29) is 12.3 Å². The lowest BCUT2D eigenvalue weighted by atomic mass is 9.95. The van der Waals surface area contributed by atoms with E-state index in [0.29, 0.717) is 5.82 Å². The van der Waals surface area contributed by atoms with E-state index in [2.05, 4.69) is 15.0 Å². The monoisotopic (exact) mass is 229 g/mol. The van der Waals surface area contributed by atoms with E-state index < -0.39 is 5.97 Å². The number of aromatic nitrogens is 3. The second-order valence-corrected chi connectivity index (χ2v) is 3.56. The summed E-state index contributed by atoms with van der Waals surface area (Å²) in [5, 5.41) is 8.94. The van der Waals surface area contributed by atoms with Gasteiger partial charge in [0.05, 0.1) is 12.3 Å². The summed E-state index contributed by atoms with van der Waals surface area (Å²) in [4.78, 5) is 22.7. The van der Waals surface area contributed by atoms with Crippen molar-refractivity contribution in [1.82, 2.24) is 15.0 Å². The van der Waals surface area contributed by atoms with Gasteiger partial charge in [-0.05, 0) is 5.56 Å². The molecule has 5 heteroatoms. The summed E-state index contributed by atoms with van der Waals surface area (Å²) in [6.07, 6.45) is 2.72. The van der Waals surface area contributed by atoms with Gasteiger partial charge >= 0.3 is 5.97 Å². The van der Waals surface area contributed by atoms with Crippen molar-refractivity contribution in [3.05, 3.63) is 54.4 Å². The topological polar surface area (TPSA) is 76.0 Å². The zero-order valence-electron chi connectivity index (χ0n) is 9.02. The molecule has 1 N–H and O–H groups in total. The summed E-state index contributed by atoms with van der Waals surface area (Å²) in [6, 6.07) is 9.36. The summed E-state index contributed by atoms with van der Waals surface area (Å²) in [5.41, 5.74) is 0.890. The highest BCUT2D eigenvalue weighted by Crippen LogP contribution is 2.24. The zero-order valence-corrected chi connectivity index (χ0v) is 9.02. The number of rotatable bonds is 4. The number of aliphatic carboxylic acids is 1. The molecule has 1 heterocycles. The number of hydrogen-bond donors (Lipinski definition) is 1. The molecule has 0 fully saturated rings. The van der Waals surface area contributed by atoms with Crippen molar-refractivity contribution in [1.29, 1.82) is 0 Å². The second-order valence-electron chi connectivity index (χ2n) is 3.56. The number of carboxylic acid groups (broad SMARTS) is 1. The molecular weight excluding hydrogens is 218 g/mol.